The molecule has 0 radical (unpaired) electrons. The van der Waals surface area contributed by atoms with Gasteiger partial charge in [-0.1, -0.05) is 18.2 Å². The summed E-state index contributed by atoms with van der Waals surface area (Å²) in [4.78, 5) is 14.9. The standard InChI is InChI=1S/C21H27NO4/c1-3-24-13-16-12-21(14-25-16)8-10-22(11-9-21)20(23)19-15(2)17-6-4-5-7-18(17)26-19/h4-7,16H,3,8-14H2,1-2H3/t16-/m0/s1. The number of para-hydroxylation sites is 1. The van der Waals surface area contributed by atoms with Gasteiger partial charge in [-0.05, 0) is 44.6 Å². The zero-order valence-electron chi connectivity index (χ0n) is 15.6. The summed E-state index contributed by atoms with van der Waals surface area (Å²) in [5.74, 6) is 0.498. The molecule has 5 nitrogen and oxygen atoms in total. The first-order valence-electron chi connectivity index (χ1n) is 9.59. The van der Waals surface area contributed by atoms with Crippen LogP contribution in [0.3, 0.4) is 0 Å². The first-order valence-corrected chi connectivity index (χ1v) is 9.59. The molecule has 0 bridgehead atoms. The molecule has 140 valence electrons. The third-order valence-corrected chi connectivity index (χ3v) is 5.94. The van der Waals surface area contributed by atoms with E-state index >= 15 is 0 Å². The summed E-state index contributed by atoms with van der Waals surface area (Å²) in [6.07, 6.45) is 3.22. The second-order valence-electron chi connectivity index (χ2n) is 7.64. The van der Waals surface area contributed by atoms with Crippen LogP contribution in [0, 0.1) is 12.3 Å². The lowest BCUT2D eigenvalue weighted by atomic mass is 9.76. The van der Waals surface area contributed by atoms with E-state index in [1.807, 2.05) is 43.0 Å². The number of benzene rings is 1. The average molecular weight is 357 g/mol. The van der Waals surface area contributed by atoms with Crippen LogP contribution in [0.5, 0.6) is 0 Å². The van der Waals surface area contributed by atoms with Crippen molar-refractivity contribution >= 4 is 16.9 Å². The lowest BCUT2D eigenvalue weighted by Crippen LogP contribution is -2.43. The van der Waals surface area contributed by atoms with Crippen LogP contribution >= 0.6 is 0 Å². The summed E-state index contributed by atoms with van der Waals surface area (Å²) >= 11 is 0. The van der Waals surface area contributed by atoms with Crippen molar-refractivity contribution in [3.63, 3.8) is 0 Å². The zero-order valence-corrected chi connectivity index (χ0v) is 15.6. The number of nitrogens with zero attached hydrogens (tertiary/aromatic N) is 1. The van der Waals surface area contributed by atoms with Gasteiger partial charge in [-0.2, -0.15) is 0 Å². The number of likely N-dealkylation sites (tertiary alicyclic amines) is 1. The number of ether oxygens (including phenoxy) is 2. The molecule has 1 atom stereocenters. The van der Waals surface area contributed by atoms with E-state index in [2.05, 4.69) is 0 Å². The molecule has 1 aromatic carbocycles. The first kappa shape index (κ1) is 17.6. The lowest BCUT2D eigenvalue weighted by Gasteiger charge is -2.38. The largest absolute Gasteiger partial charge is 0.451 e. The molecule has 0 N–H and O–H groups in total. The van der Waals surface area contributed by atoms with Crippen LogP contribution in [0.2, 0.25) is 0 Å². The van der Waals surface area contributed by atoms with Gasteiger partial charge in [-0.15, -0.1) is 0 Å². The van der Waals surface area contributed by atoms with Crippen LogP contribution < -0.4 is 0 Å². The highest BCUT2D eigenvalue weighted by atomic mass is 16.5. The molecule has 1 amide bonds. The summed E-state index contributed by atoms with van der Waals surface area (Å²) in [6, 6.07) is 7.83. The van der Waals surface area contributed by atoms with Gasteiger partial charge in [0.05, 0.1) is 19.3 Å². The summed E-state index contributed by atoms with van der Waals surface area (Å²) in [5.41, 5.74) is 1.93. The van der Waals surface area contributed by atoms with Crippen molar-refractivity contribution in [1.82, 2.24) is 4.90 Å². The summed E-state index contributed by atoms with van der Waals surface area (Å²) < 4.78 is 17.3. The predicted octanol–water partition coefficient (Wildman–Crippen LogP) is 3.79. The van der Waals surface area contributed by atoms with Crippen molar-refractivity contribution in [1.29, 1.82) is 0 Å². The van der Waals surface area contributed by atoms with Crippen LogP contribution in [0.4, 0.5) is 0 Å². The highest BCUT2D eigenvalue weighted by molar-refractivity contribution is 5.98. The number of amides is 1. The molecular formula is C21H27NO4. The Morgan fingerprint density at radius 3 is 2.81 bits per heavy atom. The number of fused-ring (bicyclic) bond motifs is 1. The fourth-order valence-electron chi connectivity index (χ4n) is 4.31. The van der Waals surface area contributed by atoms with E-state index in [1.54, 1.807) is 0 Å². The summed E-state index contributed by atoms with van der Waals surface area (Å²) in [7, 11) is 0. The number of carbonyl (C=O) groups is 1. The Hall–Kier alpha value is -1.85. The SMILES string of the molecule is CCOC[C@@H]1CC2(CCN(C(=O)c3oc4ccccc4c3C)CC2)CO1. The van der Waals surface area contributed by atoms with E-state index < -0.39 is 0 Å². The molecule has 1 aromatic heterocycles. The van der Waals surface area contributed by atoms with Crippen molar-refractivity contribution in [2.45, 2.75) is 39.2 Å². The van der Waals surface area contributed by atoms with E-state index in [1.165, 1.54) is 0 Å². The minimum atomic E-state index is 0.0123. The molecule has 0 unspecified atom stereocenters. The van der Waals surface area contributed by atoms with Crippen LogP contribution in [0.25, 0.3) is 11.0 Å². The van der Waals surface area contributed by atoms with Crippen molar-refractivity contribution in [3.8, 4) is 0 Å². The van der Waals surface area contributed by atoms with Crippen molar-refractivity contribution < 1.29 is 18.7 Å². The highest BCUT2D eigenvalue weighted by Crippen LogP contribution is 2.42. The Labute approximate surface area is 154 Å². The molecule has 2 aliphatic heterocycles. The van der Waals surface area contributed by atoms with Gasteiger partial charge >= 0.3 is 0 Å². The number of rotatable bonds is 4. The second kappa shape index (κ2) is 7.05. The molecule has 0 saturated carbocycles. The molecule has 2 fully saturated rings. The van der Waals surface area contributed by atoms with Gasteiger partial charge in [0.2, 0.25) is 0 Å². The Balaban J connectivity index is 1.41. The van der Waals surface area contributed by atoms with E-state index in [9.17, 15) is 4.79 Å². The summed E-state index contributed by atoms with van der Waals surface area (Å²) in [6.45, 7) is 7.70. The van der Waals surface area contributed by atoms with Crippen LogP contribution in [-0.2, 0) is 9.47 Å². The van der Waals surface area contributed by atoms with Crippen LogP contribution in [0.1, 0.15) is 42.3 Å². The minimum Gasteiger partial charge on any atom is -0.451 e. The normalized spacial score (nSPS) is 22.4. The second-order valence-corrected chi connectivity index (χ2v) is 7.64. The molecule has 4 rings (SSSR count). The van der Waals surface area contributed by atoms with Gasteiger partial charge in [0, 0.05) is 30.6 Å². The molecular weight excluding hydrogens is 330 g/mol. The maximum absolute atomic E-state index is 13.0. The molecule has 2 aliphatic rings. The highest BCUT2D eigenvalue weighted by Gasteiger charge is 2.43. The van der Waals surface area contributed by atoms with Gasteiger partial charge in [0.1, 0.15) is 5.58 Å². The molecule has 1 spiro atoms. The van der Waals surface area contributed by atoms with Gasteiger partial charge < -0.3 is 18.8 Å². The Morgan fingerprint density at radius 2 is 2.08 bits per heavy atom. The molecule has 2 saturated heterocycles. The maximum Gasteiger partial charge on any atom is 0.289 e. The third kappa shape index (κ3) is 3.14. The first-order chi connectivity index (χ1) is 12.6. The molecule has 26 heavy (non-hydrogen) atoms. The fraction of sp³-hybridized carbons (Fsp3) is 0.571. The van der Waals surface area contributed by atoms with E-state index in [4.69, 9.17) is 13.9 Å². The van der Waals surface area contributed by atoms with Gasteiger partial charge in [-0.3, -0.25) is 4.79 Å². The van der Waals surface area contributed by atoms with Crippen molar-refractivity contribution in [2.75, 3.05) is 32.9 Å². The Kier molecular flexibility index (Phi) is 4.76. The minimum absolute atomic E-state index is 0.0123. The van der Waals surface area contributed by atoms with E-state index in [0.29, 0.717) is 12.4 Å². The molecule has 5 heteroatoms. The van der Waals surface area contributed by atoms with E-state index in [0.717, 1.165) is 62.1 Å². The molecule has 0 aliphatic carbocycles. The van der Waals surface area contributed by atoms with Crippen LogP contribution in [-0.4, -0.2) is 49.8 Å². The molecule has 3 heterocycles. The third-order valence-electron chi connectivity index (χ3n) is 5.94. The van der Waals surface area contributed by atoms with Gasteiger partial charge in [-0.25, -0.2) is 0 Å². The monoisotopic (exact) mass is 357 g/mol. The quantitative estimate of drug-likeness (QED) is 0.835. The Morgan fingerprint density at radius 1 is 1.31 bits per heavy atom. The van der Waals surface area contributed by atoms with Gasteiger partial charge in [0.15, 0.2) is 5.76 Å². The number of carbonyl (C=O) groups excluding carboxylic acids is 1. The zero-order chi connectivity index (χ0) is 18.1. The summed E-state index contributed by atoms with van der Waals surface area (Å²) in [5, 5.41) is 1.02. The maximum atomic E-state index is 13.0. The number of furan rings is 1. The predicted molar refractivity (Wildman–Crippen MR) is 99.4 cm³/mol. The van der Waals surface area contributed by atoms with Crippen LogP contribution in [0.15, 0.2) is 28.7 Å². The number of hydrogen-bond acceptors (Lipinski definition) is 4. The molecule has 2 aromatic rings. The van der Waals surface area contributed by atoms with E-state index in [-0.39, 0.29) is 17.4 Å². The average Bonchev–Trinajstić information content (AvgIpc) is 3.22. The van der Waals surface area contributed by atoms with Gasteiger partial charge in [0.25, 0.3) is 5.91 Å². The number of hydrogen-bond donors (Lipinski definition) is 0. The Bertz CT molecular complexity index is 788. The fourth-order valence-corrected chi connectivity index (χ4v) is 4.31. The lowest BCUT2D eigenvalue weighted by molar-refractivity contribution is 0.0158. The smallest absolute Gasteiger partial charge is 0.289 e. The van der Waals surface area contributed by atoms with Crippen molar-refractivity contribution in [2.24, 2.45) is 5.41 Å². The van der Waals surface area contributed by atoms with Crippen molar-refractivity contribution in [3.05, 3.63) is 35.6 Å². The number of piperidine rings is 1. The topological polar surface area (TPSA) is 51.9 Å². The number of aryl methyl sites for hydroxylation is 1.